The van der Waals surface area contributed by atoms with Crippen LogP contribution >= 0.6 is 0 Å². The molecule has 1 heteroatoms. The van der Waals surface area contributed by atoms with Crippen LogP contribution in [0, 0.1) is 0 Å². The second kappa shape index (κ2) is 9.18. The van der Waals surface area contributed by atoms with Gasteiger partial charge in [-0.1, -0.05) is 127 Å². The highest BCUT2D eigenvalue weighted by atomic mass is 14.6. The van der Waals surface area contributed by atoms with E-state index in [0.717, 1.165) is 5.56 Å². The van der Waals surface area contributed by atoms with E-state index in [2.05, 4.69) is 138 Å². The van der Waals surface area contributed by atoms with Crippen molar-refractivity contribution in [2.75, 3.05) is 0 Å². The quantitative estimate of drug-likeness (QED) is 0.217. The molecule has 0 aliphatic rings. The van der Waals surface area contributed by atoms with Crippen LogP contribution in [0.15, 0.2) is 152 Å². The maximum atomic E-state index is 4.39. The van der Waals surface area contributed by atoms with E-state index in [9.17, 15) is 0 Å². The van der Waals surface area contributed by atoms with E-state index in [1.807, 2.05) is 18.5 Å². The Kier molecular flexibility index (Phi) is 5.21. The van der Waals surface area contributed by atoms with E-state index in [1.54, 1.807) is 0 Å². The fourth-order valence-electron chi connectivity index (χ4n) is 6.38. The van der Waals surface area contributed by atoms with Gasteiger partial charge in [0.15, 0.2) is 0 Å². The molecule has 0 fully saturated rings. The molecule has 0 spiro atoms. The van der Waals surface area contributed by atoms with Crippen molar-refractivity contribution >= 4 is 43.1 Å². The van der Waals surface area contributed by atoms with Crippen molar-refractivity contribution in [3.63, 3.8) is 0 Å². The van der Waals surface area contributed by atoms with Crippen LogP contribution in [0.4, 0.5) is 0 Å². The van der Waals surface area contributed by atoms with Crippen LogP contribution in [0.2, 0.25) is 0 Å². The topological polar surface area (TPSA) is 12.9 Å². The zero-order valence-electron chi connectivity index (χ0n) is 21.9. The number of hydrogen-bond acceptors (Lipinski definition) is 1. The zero-order valence-corrected chi connectivity index (χ0v) is 21.9. The van der Waals surface area contributed by atoms with Gasteiger partial charge in [0.2, 0.25) is 0 Å². The molecule has 0 saturated carbocycles. The summed E-state index contributed by atoms with van der Waals surface area (Å²) in [7, 11) is 0. The fourth-order valence-corrected chi connectivity index (χ4v) is 6.38. The maximum Gasteiger partial charge on any atom is 0.0346 e. The van der Waals surface area contributed by atoms with E-state index >= 15 is 0 Å². The van der Waals surface area contributed by atoms with Gasteiger partial charge in [-0.15, -0.1) is 0 Å². The number of nitrogens with zero attached hydrogens (tertiary/aromatic N) is 1. The molecule has 40 heavy (non-hydrogen) atoms. The Morgan fingerprint density at radius 2 is 0.925 bits per heavy atom. The summed E-state index contributed by atoms with van der Waals surface area (Å²) in [4.78, 5) is 4.39. The molecule has 0 radical (unpaired) electrons. The van der Waals surface area contributed by atoms with Crippen LogP contribution in [-0.2, 0) is 0 Å². The molecule has 0 aliphatic heterocycles. The standard InChI is InChI=1S/C39H25N/c1-2-11-27-24-28(22-21-26(27)10-1)38-34-13-3-5-15-36(34)39(37-16-6-4-14-35(37)38)33-20-8-18-31-30(17-7-19-32(31)33)29-12-9-23-40-25-29/h1-25H. The van der Waals surface area contributed by atoms with E-state index in [4.69, 9.17) is 0 Å². The van der Waals surface area contributed by atoms with E-state index in [0.29, 0.717) is 0 Å². The highest BCUT2D eigenvalue weighted by Crippen LogP contribution is 2.46. The molecule has 0 unspecified atom stereocenters. The van der Waals surface area contributed by atoms with Crippen molar-refractivity contribution in [3.05, 3.63) is 152 Å². The molecule has 0 atom stereocenters. The molecule has 1 aromatic heterocycles. The van der Waals surface area contributed by atoms with Crippen molar-refractivity contribution < 1.29 is 0 Å². The number of benzene rings is 7. The van der Waals surface area contributed by atoms with Crippen molar-refractivity contribution in [1.82, 2.24) is 4.98 Å². The van der Waals surface area contributed by atoms with Gasteiger partial charge in [-0.3, -0.25) is 4.98 Å². The summed E-state index contributed by atoms with van der Waals surface area (Å²) < 4.78 is 0. The van der Waals surface area contributed by atoms with Crippen LogP contribution < -0.4 is 0 Å². The van der Waals surface area contributed by atoms with Gasteiger partial charge in [0, 0.05) is 18.0 Å². The fraction of sp³-hybridized carbons (Fsp3) is 0. The second-order valence-electron chi connectivity index (χ2n) is 10.4. The summed E-state index contributed by atoms with van der Waals surface area (Å²) in [6.07, 6.45) is 3.78. The third-order valence-electron chi connectivity index (χ3n) is 8.13. The number of rotatable bonds is 3. The first kappa shape index (κ1) is 22.7. The third-order valence-corrected chi connectivity index (χ3v) is 8.13. The van der Waals surface area contributed by atoms with Crippen molar-refractivity contribution in [1.29, 1.82) is 0 Å². The van der Waals surface area contributed by atoms with Gasteiger partial charge in [0.25, 0.3) is 0 Å². The molecule has 0 amide bonds. The normalized spacial score (nSPS) is 11.5. The van der Waals surface area contributed by atoms with Crippen LogP contribution in [0.25, 0.3) is 76.5 Å². The van der Waals surface area contributed by atoms with Crippen molar-refractivity contribution in [3.8, 4) is 33.4 Å². The second-order valence-corrected chi connectivity index (χ2v) is 10.4. The molecule has 7 aromatic carbocycles. The highest BCUT2D eigenvalue weighted by Gasteiger charge is 2.18. The lowest BCUT2D eigenvalue weighted by molar-refractivity contribution is 1.33. The number of fused-ring (bicyclic) bond motifs is 4. The summed E-state index contributed by atoms with van der Waals surface area (Å²) in [5.41, 5.74) is 7.40. The average molecular weight is 508 g/mol. The zero-order chi connectivity index (χ0) is 26.5. The first-order chi connectivity index (χ1) is 19.9. The first-order valence-corrected chi connectivity index (χ1v) is 13.7. The lowest BCUT2D eigenvalue weighted by Crippen LogP contribution is -1.92. The highest BCUT2D eigenvalue weighted by molar-refractivity contribution is 6.24. The molecule has 186 valence electrons. The average Bonchev–Trinajstić information content (AvgIpc) is 3.03. The van der Waals surface area contributed by atoms with Crippen LogP contribution in [-0.4, -0.2) is 4.98 Å². The lowest BCUT2D eigenvalue weighted by atomic mass is 9.84. The summed E-state index contributed by atoms with van der Waals surface area (Å²) in [5, 5.41) is 10.1. The third kappa shape index (κ3) is 3.52. The Morgan fingerprint density at radius 3 is 1.60 bits per heavy atom. The Hall–Kier alpha value is -5.27. The first-order valence-electron chi connectivity index (χ1n) is 13.7. The van der Waals surface area contributed by atoms with E-state index in [1.165, 1.54) is 70.9 Å². The predicted molar refractivity (Wildman–Crippen MR) is 171 cm³/mol. The van der Waals surface area contributed by atoms with Gasteiger partial charge in [-0.05, 0) is 83.0 Å². The van der Waals surface area contributed by atoms with Crippen LogP contribution in [0.3, 0.4) is 0 Å². The maximum absolute atomic E-state index is 4.39. The Labute approximate surface area is 233 Å². The molecule has 0 aliphatic carbocycles. The van der Waals surface area contributed by atoms with E-state index < -0.39 is 0 Å². The Bertz CT molecular complexity index is 2150. The van der Waals surface area contributed by atoms with Gasteiger partial charge in [0.05, 0.1) is 0 Å². The van der Waals surface area contributed by atoms with Gasteiger partial charge < -0.3 is 0 Å². The number of pyridine rings is 1. The number of hydrogen-bond donors (Lipinski definition) is 0. The minimum atomic E-state index is 1.13. The van der Waals surface area contributed by atoms with Crippen LogP contribution in [0.1, 0.15) is 0 Å². The Balaban J connectivity index is 1.48. The molecular formula is C39H25N. The molecule has 0 N–H and O–H groups in total. The lowest BCUT2D eigenvalue weighted by Gasteiger charge is -2.19. The summed E-state index contributed by atoms with van der Waals surface area (Å²) in [5.74, 6) is 0. The van der Waals surface area contributed by atoms with Crippen LogP contribution in [0.5, 0.6) is 0 Å². The summed E-state index contributed by atoms with van der Waals surface area (Å²) >= 11 is 0. The van der Waals surface area contributed by atoms with Gasteiger partial charge in [0.1, 0.15) is 0 Å². The number of aromatic nitrogens is 1. The Morgan fingerprint density at radius 1 is 0.350 bits per heavy atom. The molecule has 8 aromatic rings. The molecule has 0 saturated heterocycles. The van der Waals surface area contributed by atoms with Gasteiger partial charge in [-0.25, -0.2) is 0 Å². The van der Waals surface area contributed by atoms with Gasteiger partial charge >= 0.3 is 0 Å². The largest absolute Gasteiger partial charge is 0.264 e. The smallest absolute Gasteiger partial charge is 0.0346 e. The monoisotopic (exact) mass is 507 g/mol. The summed E-state index contributed by atoms with van der Waals surface area (Å²) in [6.45, 7) is 0. The predicted octanol–water partition coefficient (Wildman–Crippen LogP) is 10.7. The van der Waals surface area contributed by atoms with Gasteiger partial charge in [-0.2, -0.15) is 0 Å². The minimum absolute atomic E-state index is 1.13. The molecule has 1 heterocycles. The molecule has 8 rings (SSSR count). The summed E-state index contributed by atoms with van der Waals surface area (Å²) in [6, 6.07) is 50.7. The van der Waals surface area contributed by atoms with Crippen molar-refractivity contribution in [2.45, 2.75) is 0 Å². The van der Waals surface area contributed by atoms with Crippen molar-refractivity contribution in [2.24, 2.45) is 0 Å². The molecule has 1 nitrogen and oxygen atoms in total. The molecular weight excluding hydrogens is 482 g/mol. The molecule has 0 bridgehead atoms. The van der Waals surface area contributed by atoms with E-state index in [-0.39, 0.29) is 0 Å². The minimum Gasteiger partial charge on any atom is -0.264 e. The SMILES string of the molecule is c1cncc(-c2cccc3c(-c4c5ccccc5c(-c5ccc6ccccc6c5)c5ccccc45)cccc23)c1.